The summed E-state index contributed by atoms with van der Waals surface area (Å²) in [6, 6.07) is 0. The van der Waals surface area contributed by atoms with Crippen LogP contribution in [-0.2, 0) is 9.59 Å². The Morgan fingerprint density at radius 3 is 1.38 bits per heavy atom. The van der Waals surface area contributed by atoms with Gasteiger partial charge in [0.25, 0.3) is 0 Å². The fraction of sp³-hybridized carbons (Fsp3) is 0.667. The molecule has 0 atom stereocenters. The van der Waals surface area contributed by atoms with Gasteiger partial charge in [-0.05, 0) is 13.8 Å². The van der Waals surface area contributed by atoms with Crippen molar-refractivity contribution in [2.24, 2.45) is 11.8 Å². The van der Waals surface area contributed by atoms with E-state index < -0.39 is 0 Å². The number of hydrogen-bond donors (Lipinski definition) is 0. The Balaban J connectivity index is 2.68. The summed E-state index contributed by atoms with van der Waals surface area (Å²) in [7, 11) is 0. The maximum Gasteiger partial charge on any atom is 0.153 e. The summed E-state index contributed by atoms with van der Waals surface area (Å²) in [4.78, 5) is 21.1. The van der Waals surface area contributed by atoms with Crippen molar-refractivity contribution in [2.45, 2.75) is 13.8 Å². The van der Waals surface area contributed by atoms with Gasteiger partial charge in [-0.15, -0.1) is 0 Å². The summed E-state index contributed by atoms with van der Waals surface area (Å²) >= 11 is 0. The molecule has 0 bridgehead atoms. The lowest BCUT2D eigenvalue weighted by Gasteiger charge is -2.25. The van der Waals surface area contributed by atoms with Gasteiger partial charge < -0.3 is 0 Å². The number of hydrogen-bond acceptors (Lipinski definition) is 2. The van der Waals surface area contributed by atoms with Crippen LogP contribution in [-0.4, -0.2) is 11.6 Å². The van der Waals surface area contributed by atoms with Gasteiger partial charge in [0.1, 0.15) is 0 Å². The molecule has 0 aromatic heterocycles. The van der Waals surface area contributed by atoms with E-state index in [1.54, 1.807) is 13.8 Å². The van der Waals surface area contributed by atoms with E-state index in [0.29, 0.717) is 0 Å². The van der Waals surface area contributed by atoms with Gasteiger partial charge in [0.15, 0.2) is 11.6 Å². The molecule has 0 aromatic carbocycles. The molecule has 44 valence electrons. The molecule has 0 amide bonds. The van der Waals surface area contributed by atoms with Crippen LogP contribution in [0.4, 0.5) is 0 Å². The van der Waals surface area contributed by atoms with Crippen LogP contribution in [0.1, 0.15) is 13.8 Å². The molecule has 0 radical (unpaired) electrons. The van der Waals surface area contributed by atoms with Crippen LogP contribution in [0, 0.1) is 11.8 Å². The lowest BCUT2D eigenvalue weighted by atomic mass is 9.74. The van der Waals surface area contributed by atoms with Crippen LogP contribution in [0.15, 0.2) is 0 Å². The molecule has 1 aliphatic rings. The maximum absolute atomic E-state index is 10.6. The van der Waals surface area contributed by atoms with Crippen LogP contribution in [0.25, 0.3) is 0 Å². The lowest BCUT2D eigenvalue weighted by Crippen LogP contribution is -2.44. The molecule has 1 rings (SSSR count). The molecule has 2 heteroatoms. The van der Waals surface area contributed by atoms with E-state index in [-0.39, 0.29) is 23.4 Å². The van der Waals surface area contributed by atoms with Crippen molar-refractivity contribution in [3.63, 3.8) is 0 Å². The number of rotatable bonds is 0. The minimum atomic E-state index is -0.301. The van der Waals surface area contributed by atoms with Crippen LogP contribution in [0.3, 0.4) is 0 Å². The second kappa shape index (κ2) is 1.41. The molecule has 0 aromatic rings. The summed E-state index contributed by atoms with van der Waals surface area (Å²) in [5.41, 5.74) is 0. The Labute approximate surface area is 47.9 Å². The first-order valence-electron chi connectivity index (χ1n) is 2.72. The normalized spacial score (nSPS) is 37.2. The van der Waals surface area contributed by atoms with E-state index in [4.69, 9.17) is 0 Å². The highest BCUT2D eigenvalue weighted by molar-refractivity contribution is 6.23. The summed E-state index contributed by atoms with van der Waals surface area (Å²) in [5, 5.41) is 0. The number of carbonyl (C=O) groups excluding carboxylic acids is 2. The Morgan fingerprint density at radius 1 is 1.00 bits per heavy atom. The summed E-state index contributed by atoms with van der Waals surface area (Å²) in [6.45, 7) is 3.31. The van der Waals surface area contributed by atoms with Crippen molar-refractivity contribution in [1.82, 2.24) is 0 Å². The average Bonchev–Trinajstić information content (AvgIpc) is 1.83. The molecule has 1 fully saturated rings. The van der Waals surface area contributed by atoms with Gasteiger partial charge in [0.05, 0.1) is 11.8 Å². The molecule has 0 N–H and O–H groups in total. The van der Waals surface area contributed by atoms with Gasteiger partial charge in [-0.2, -0.15) is 0 Å². The van der Waals surface area contributed by atoms with E-state index in [2.05, 4.69) is 0 Å². The van der Waals surface area contributed by atoms with E-state index in [1.807, 2.05) is 0 Å². The molecule has 1 aliphatic carbocycles. The summed E-state index contributed by atoms with van der Waals surface area (Å²) < 4.78 is 0. The second-order valence-electron chi connectivity index (χ2n) is 2.25. The van der Waals surface area contributed by atoms with Crippen LogP contribution in [0.2, 0.25) is 0 Å². The highest BCUT2D eigenvalue weighted by Gasteiger charge is 2.41. The predicted molar refractivity (Wildman–Crippen MR) is 28.3 cm³/mol. The first-order chi connectivity index (χ1) is 3.64. The third-order valence-electron chi connectivity index (χ3n) is 1.71. The Bertz CT molecular complexity index is 119. The van der Waals surface area contributed by atoms with Crippen LogP contribution < -0.4 is 0 Å². The van der Waals surface area contributed by atoms with Gasteiger partial charge in [-0.3, -0.25) is 9.59 Å². The molecular formula is C6H8O2. The van der Waals surface area contributed by atoms with E-state index in [0.717, 1.165) is 0 Å². The molecule has 8 heavy (non-hydrogen) atoms. The van der Waals surface area contributed by atoms with Gasteiger partial charge in [-0.1, -0.05) is 0 Å². The van der Waals surface area contributed by atoms with Gasteiger partial charge in [0.2, 0.25) is 0 Å². The molecule has 0 spiro atoms. The third-order valence-corrected chi connectivity index (χ3v) is 1.71. The molecule has 0 unspecified atom stereocenters. The zero-order valence-electron chi connectivity index (χ0n) is 4.97. The highest BCUT2D eigenvalue weighted by Crippen LogP contribution is 2.23. The van der Waals surface area contributed by atoms with Gasteiger partial charge in [-0.25, -0.2) is 0 Å². The van der Waals surface area contributed by atoms with Crippen molar-refractivity contribution in [3.05, 3.63) is 0 Å². The van der Waals surface area contributed by atoms with Crippen molar-refractivity contribution in [1.29, 1.82) is 0 Å². The standard InChI is InChI=1S/C6H8O2/c1-3-5(7)4(2)6(3)8/h3-4H,1-2H3. The predicted octanol–water partition coefficient (Wildman–Crippen LogP) is 0.410. The van der Waals surface area contributed by atoms with Crippen molar-refractivity contribution >= 4 is 11.6 Å². The van der Waals surface area contributed by atoms with Crippen molar-refractivity contribution in [2.75, 3.05) is 0 Å². The molecular weight excluding hydrogens is 104 g/mol. The molecule has 0 saturated heterocycles. The number of Topliss-reactive ketones (excluding diaryl/α,β-unsaturated/α-hetero) is 2. The van der Waals surface area contributed by atoms with Gasteiger partial charge >= 0.3 is 0 Å². The van der Waals surface area contributed by atoms with Crippen molar-refractivity contribution in [3.8, 4) is 0 Å². The first kappa shape index (κ1) is 5.48. The SMILES string of the molecule is CC1C(=O)C(C)C1=O. The largest absolute Gasteiger partial charge is 0.298 e. The second-order valence-corrected chi connectivity index (χ2v) is 2.25. The zero-order valence-corrected chi connectivity index (χ0v) is 4.97. The monoisotopic (exact) mass is 112 g/mol. The minimum absolute atomic E-state index is 0.0926. The lowest BCUT2D eigenvalue weighted by molar-refractivity contribution is -0.148. The van der Waals surface area contributed by atoms with Crippen molar-refractivity contribution < 1.29 is 9.59 Å². The Hall–Kier alpha value is -0.660. The third kappa shape index (κ3) is 0.427. The molecule has 0 aliphatic heterocycles. The number of ketones is 2. The summed E-state index contributed by atoms with van der Waals surface area (Å²) in [5.74, 6) is -0.417. The fourth-order valence-corrected chi connectivity index (χ4v) is 0.934. The van der Waals surface area contributed by atoms with E-state index >= 15 is 0 Å². The summed E-state index contributed by atoms with van der Waals surface area (Å²) in [6.07, 6.45) is 0. The van der Waals surface area contributed by atoms with Crippen LogP contribution in [0.5, 0.6) is 0 Å². The Morgan fingerprint density at radius 2 is 1.25 bits per heavy atom. The first-order valence-corrected chi connectivity index (χ1v) is 2.72. The maximum atomic E-state index is 10.6. The fourth-order valence-electron chi connectivity index (χ4n) is 0.934. The minimum Gasteiger partial charge on any atom is -0.298 e. The molecule has 0 heterocycles. The van der Waals surface area contributed by atoms with Gasteiger partial charge in [0, 0.05) is 0 Å². The Kier molecular flexibility index (Phi) is 0.962. The average molecular weight is 112 g/mol. The molecule has 1 saturated carbocycles. The van der Waals surface area contributed by atoms with Crippen LogP contribution >= 0.6 is 0 Å². The highest BCUT2D eigenvalue weighted by atomic mass is 16.2. The van der Waals surface area contributed by atoms with E-state index in [1.165, 1.54) is 0 Å². The smallest absolute Gasteiger partial charge is 0.153 e. The molecule has 2 nitrogen and oxygen atoms in total. The topological polar surface area (TPSA) is 34.1 Å². The van der Waals surface area contributed by atoms with E-state index in [9.17, 15) is 9.59 Å². The number of carbonyl (C=O) groups is 2. The zero-order chi connectivity index (χ0) is 6.31. The quantitative estimate of drug-likeness (QED) is 0.425.